The highest BCUT2D eigenvalue weighted by molar-refractivity contribution is 7.99. The number of benzene rings is 1. The third-order valence-electron chi connectivity index (χ3n) is 3.59. The molecular weight excluding hydrogens is 384 g/mol. The summed E-state index contributed by atoms with van der Waals surface area (Å²) in [4.78, 5) is 23.5. The van der Waals surface area contributed by atoms with E-state index in [2.05, 4.69) is 26.2 Å². The number of thioether (sulfide) groups is 1. The van der Waals surface area contributed by atoms with E-state index >= 15 is 0 Å². The van der Waals surface area contributed by atoms with Crippen molar-refractivity contribution in [3.63, 3.8) is 0 Å². The van der Waals surface area contributed by atoms with Gasteiger partial charge in [0, 0.05) is 32.3 Å². The van der Waals surface area contributed by atoms with E-state index in [1.807, 2.05) is 13.0 Å². The third-order valence-corrected chi connectivity index (χ3v) is 4.60. The highest BCUT2D eigenvalue weighted by atomic mass is 32.2. The molecule has 0 bridgehead atoms. The van der Waals surface area contributed by atoms with Gasteiger partial charge >= 0.3 is 0 Å². The topological polar surface area (TPSA) is 120 Å². The number of likely N-dealkylation sites (N-methyl/N-ethyl adjacent to an activating group) is 1. The summed E-state index contributed by atoms with van der Waals surface area (Å²) in [5, 5.41) is 17.3. The van der Waals surface area contributed by atoms with Crippen molar-refractivity contribution in [2.75, 3.05) is 26.0 Å². The highest BCUT2D eigenvalue weighted by Gasteiger charge is 2.10. The minimum atomic E-state index is -0.198. The Balaban J connectivity index is 1.79. The third kappa shape index (κ3) is 6.72. The Morgan fingerprint density at radius 2 is 2.04 bits per heavy atom. The fraction of sp³-hybridized carbons (Fsp3) is 0.471. The van der Waals surface area contributed by atoms with Crippen molar-refractivity contribution in [2.45, 2.75) is 25.0 Å². The number of tetrazole rings is 1. The largest absolute Gasteiger partial charge is 0.493 e. The van der Waals surface area contributed by atoms with Crippen molar-refractivity contribution in [3.8, 4) is 11.5 Å². The van der Waals surface area contributed by atoms with Crippen LogP contribution in [-0.4, -0.2) is 58.0 Å². The quantitative estimate of drug-likeness (QED) is 0.517. The van der Waals surface area contributed by atoms with Crippen LogP contribution in [0, 0.1) is 0 Å². The number of nitrogens with one attached hydrogen (secondary N) is 2. The number of carbonyl (C=O) groups is 2. The molecule has 28 heavy (non-hydrogen) atoms. The first kappa shape index (κ1) is 21.5. The van der Waals surface area contributed by atoms with Crippen LogP contribution in [0.3, 0.4) is 0 Å². The van der Waals surface area contributed by atoms with Gasteiger partial charge in [0.1, 0.15) is 0 Å². The second kappa shape index (κ2) is 11.1. The molecule has 2 aromatic rings. The van der Waals surface area contributed by atoms with Gasteiger partial charge in [-0.15, -0.1) is 5.10 Å². The molecule has 0 aliphatic heterocycles. The fourth-order valence-electron chi connectivity index (χ4n) is 2.20. The molecule has 0 saturated heterocycles. The van der Waals surface area contributed by atoms with E-state index < -0.39 is 0 Å². The summed E-state index contributed by atoms with van der Waals surface area (Å²) in [5.41, 5.74) is 0.862. The maximum atomic E-state index is 12.0. The predicted molar refractivity (Wildman–Crippen MR) is 103 cm³/mol. The Labute approximate surface area is 167 Å². The number of hydrogen-bond donors (Lipinski definition) is 2. The van der Waals surface area contributed by atoms with E-state index in [-0.39, 0.29) is 18.4 Å². The first-order valence-corrected chi connectivity index (χ1v) is 9.70. The average molecular weight is 408 g/mol. The van der Waals surface area contributed by atoms with Gasteiger partial charge in [-0.05, 0) is 35.0 Å². The van der Waals surface area contributed by atoms with Crippen molar-refractivity contribution in [1.82, 2.24) is 30.8 Å². The average Bonchev–Trinajstić information content (AvgIpc) is 3.10. The molecule has 2 N–H and O–H groups in total. The minimum Gasteiger partial charge on any atom is -0.493 e. The number of hydrogen-bond acceptors (Lipinski definition) is 8. The van der Waals surface area contributed by atoms with E-state index in [1.165, 1.54) is 18.9 Å². The zero-order valence-electron chi connectivity index (χ0n) is 16.1. The molecule has 0 radical (unpaired) electrons. The van der Waals surface area contributed by atoms with Gasteiger partial charge in [-0.25, -0.2) is 4.68 Å². The lowest BCUT2D eigenvalue weighted by Gasteiger charge is -2.12. The molecule has 10 nitrogen and oxygen atoms in total. The van der Waals surface area contributed by atoms with Crippen molar-refractivity contribution in [3.05, 3.63) is 23.8 Å². The second-order valence-corrected chi connectivity index (χ2v) is 6.75. The summed E-state index contributed by atoms with van der Waals surface area (Å²) in [6.07, 6.45) is 0.350. The van der Waals surface area contributed by atoms with E-state index in [0.717, 1.165) is 5.56 Å². The molecule has 0 unspecified atom stereocenters. The predicted octanol–water partition coefficient (Wildman–Crippen LogP) is 0.532. The number of ether oxygens (including phenoxy) is 2. The Morgan fingerprint density at radius 3 is 2.71 bits per heavy atom. The molecule has 152 valence electrons. The number of aromatic nitrogens is 4. The number of carbonyl (C=O) groups excluding carboxylic acids is 2. The Bertz CT molecular complexity index is 798. The van der Waals surface area contributed by atoms with Gasteiger partial charge in [0.25, 0.3) is 5.91 Å². The van der Waals surface area contributed by atoms with Crippen molar-refractivity contribution in [1.29, 1.82) is 0 Å². The van der Waals surface area contributed by atoms with Crippen LogP contribution in [0.5, 0.6) is 11.5 Å². The molecule has 0 atom stereocenters. The minimum absolute atomic E-state index is 0.0712. The van der Waals surface area contributed by atoms with Crippen LogP contribution in [-0.2, 0) is 23.2 Å². The van der Waals surface area contributed by atoms with Crippen molar-refractivity contribution < 1.29 is 19.1 Å². The Hall–Kier alpha value is -2.82. The molecular formula is C17H24N6O4S. The first-order chi connectivity index (χ1) is 13.5. The molecule has 1 aromatic heterocycles. The molecule has 0 spiro atoms. The zero-order valence-corrected chi connectivity index (χ0v) is 16.9. The van der Waals surface area contributed by atoms with Crippen molar-refractivity contribution in [2.24, 2.45) is 7.05 Å². The van der Waals surface area contributed by atoms with Gasteiger partial charge in [-0.2, -0.15) is 0 Å². The molecule has 0 fully saturated rings. The monoisotopic (exact) mass is 408 g/mol. The molecule has 0 aliphatic carbocycles. The molecule has 11 heteroatoms. The smallest absolute Gasteiger partial charge is 0.257 e. The van der Waals surface area contributed by atoms with Crippen LogP contribution in [0.2, 0.25) is 0 Å². The summed E-state index contributed by atoms with van der Waals surface area (Å²) in [5.74, 6) is 1.28. The summed E-state index contributed by atoms with van der Waals surface area (Å²) >= 11 is 1.42. The zero-order chi connectivity index (χ0) is 20.4. The van der Waals surface area contributed by atoms with Gasteiger partial charge in [-0.1, -0.05) is 17.8 Å². The van der Waals surface area contributed by atoms with Crippen LogP contribution in [0.1, 0.15) is 18.9 Å². The van der Waals surface area contributed by atoms with Gasteiger partial charge in [-0.3, -0.25) is 9.59 Å². The van der Waals surface area contributed by atoms with E-state index in [4.69, 9.17) is 9.47 Å². The maximum absolute atomic E-state index is 12.0. The molecule has 2 amide bonds. The van der Waals surface area contributed by atoms with Gasteiger partial charge < -0.3 is 20.1 Å². The summed E-state index contributed by atoms with van der Waals surface area (Å²) < 4.78 is 12.3. The van der Waals surface area contributed by atoms with Crippen LogP contribution in [0.25, 0.3) is 0 Å². The standard InChI is InChI=1S/C17H24N6O4S/c1-4-18-16(25)11-27-13-6-5-12(9-14(13)26-3)10-19-15(24)7-8-28-17-20-21-22-23(17)2/h5-6,9H,4,7-8,10-11H2,1-3H3,(H,18,25)(H,19,24). The van der Waals surface area contributed by atoms with E-state index in [0.29, 0.717) is 41.9 Å². The van der Waals surface area contributed by atoms with Crippen LogP contribution < -0.4 is 20.1 Å². The molecule has 1 aromatic carbocycles. The van der Waals surface area contributed by atoms with Gasteiger partial charge in [0.15, 0.2) is 18.1 Å². The lowest BCUT2D eigenvalue weighted by atomic mass is 10.2. The number of aryl methyl sites for hydroxylation is 1. The Kier molecular flexibility index (Phi) is 8.53. The molecule has 1 heterocycles. The fourth-order valence-corrected chi connectivity index (χ4v) is 2.99. The summed E-state index contributed by atoms with van der Waals surface area (Å²) in [6, 6.07) is 5.31. The lowest BCUT2D eigenvalue weighted by molar-refractivity contribution is -0.123. The summed E-state index contributed by atoms with van der Waals surface area (Å²) in [7, 11) is 3.27. The van der Waals surface area contributed by atoms with Crippen LogP contribution >= 0.6 is 11.8 Å². The molecule has 0 aliphatic rings. The van der Waals surface area contributed by atoms with E-state index in [1.54, 1.807) is 23.9 Å². The number of amides is 2. The normalized spacial score (nSPS) is 10.4. The number of nitrogens with zero attached hydrogens (tertiary/aromatic N) is 4. The molecule has 0 saturated carbocycles. The van der Waals surface area contributed by atoms with Crippen LogP contribution in [0.15, 0.2) is 23.4 Å². The lowest BCUT2D eigenvalue weighted by Crippen LogP contribution is -2.28. The van der Waals surface area contributed by atoms with E-state index in [9.17, 15) is 9.59 Å². The number of rotatable bonds is 11. The molecule has 2 rings (SSSR count). The van der Waals surface area contributed by atoms with Gasteiger partial charge in [0.05, 0.1) is 7.11 Å². The maximum Gasteiger partial charge on any atom is 0.257 e. The first-order valence-electron chi connectivity index (χ1n) is 8.71. The Morgan fingerprint density at radius 1 is 1.21 bits per heavy atom. The second-order valence-electron chi connectivity index (χ2n) is 5.69. The number of methoxy groups -OCH3 is 1. The van der Waals surface area contributed by atoms with Gasteiger partial charge in [0.2, 0.25) is 11.1 Å². The van der Waals surface area contributed by atoms with Crippen molar-refractivity contribution >= 4 is 23.6 Å². The SMILES string of the molecule is CCNC(=O)COc1ccc(CNC(=O)CCSc2nnnn2C)cc1OC. The van der Waals surface area contributed by atoms with Crippen LogP contribution in [0.4, 0.5) is 0 Å². The highest BCUT2D eigenvalue weighted by Crippen LogP contribution is 2.28. The summed E-state index contributed by atoms with van der Waals surface area (Å²) in [6.45, 7) is 2.67.